The standard InChI is InChI=1S/C14H23NO3/c1-5-11(10-16-3)15-12-7-8-13(17-4)14(9-12)18-6-2/h7-9,11,15H,5-6,10H2,1-4H3. The van der Waals surface area contributed by atoms with Crippen molar-refractivity contribution in [2.45, 2.75) is 26.3 Å². The smallest absolute Gasteiger partial charge is 0.163 e. The Morgan fingerprint density at radius 1 is 1.17 bits per heavy atom. The minimum Gasteiger partial charge on any atom is -0.493 e. The SMILES string of the molecule is CCOc1cc(NC(CC)COC)ccc1OC. The zero-order valence-electron chi connectivity index (χ0n) is 11.7. The van der Waals surface area contributed by atoms with Gasteiger partial charge in [-0.15, -0.1) is 0 Å². The van der Waals surface area contributed by atoms with Gasteiger partial charge in [0.15, 0.2) is 11.5 Å². The normalized spacial score (nSPS) is 12.0. The summed E-state index contributed by atoms with van der Waals surface area (Å²) in [5.74, 6) is 1.51. The molecular weight excluding hydrogens is 230 g/mol. The second-order valence-corrected chi connectivity index (χ2v) is 4.00. The fourth-order valence-corrected chi connectivity index (χ4v) is 1.73. The Morgan fingerprint density at radius 3 is 2.50 bits per heavy atom. The third kappa shape index (κ3) is 4.11. The lowest BCUT2D eigenvalue weighted by Crippen LogP contribution is -2.23. The third-order valence-electron chi connectivity index (χ3n) is 2.69. The number of methoxy groups -OCH3 is 2. The highest BCUT2D eigenvalue weighted by Crippen LogP contribution is 2.30. The maximum absolute atomic E-state index is 5.55. The lowest BCUT2D eigenvalue weighted by atomic mass is 10.2. The molecule has 1 aromatic carbocycles. The first-order valence-electron chi connectivity index (χ1n) is 6.31. The highest BCUT2D eigenvalue weighted by molar-refractivity contribution is 5.55. The molecule has 4 heteroatoms. The van der Waals surface area contributed by atoms with Crippen molar-refractivity contribution in [3.63, 3.8) is 0 Å². The number of hydrogen-bond acceptors (Lipinski definition) is 4. The largest absolute Gasteiger partial charge is 0.493 e. The molecule has 0 fully saturated rings. The molecule has 0 aliphatic heterocycles. The Labute approximate surface area is 109 Å². The molecule has 4 nitrogen and oxygen atoms in total. The first-order valence-corrected chi connectivity index (χ1v) is 6.31. The lowest BCUT2D eigenvalue weighted by molar-refractivity contribution is 0.184. The van der Waals surface area contributed by atoms with Crippen LogP contribution in [0.4, 0.5) is 5.69 Å². The van der Waals surface area contributed by atoms with E-state index in [0.29, 0.717) is 19.3 Å². The molecule has 102 valence electrons. The molecular formula is C14H23NO3. The van der Waals surface area contributed by atoms with Crippen molar-refractivity contribution in [1.82, 2.24) is 0 Å². The van der Waals surface area contributed by atoms with Gasteiger partial charge in [0.25, 0.3) is 0 Å². The van der Waals surface area contributed by atoms with Crippen molar-refractivity contribution >= 4 is 5.69 Å². The van der Waals surface area contributed by atoms with Crippen molar-refractivity contribution < 1.29 is 14.2 Å². The topological polar surface area (TPSA) is 39.7 Å². The van der Waals surface area contributed by atoms with Crippen LogP contribution in [0, 0.1) is 0 Å². The van der Waals surface area contributed by atoms with Gasteiger partial charge in [-0.3, -0.25) is 0 Å². The summed E-state index contributed by atoms with van der Waals surface area (Å²) < 4.78 is 16.0. The first-order chi connectivity index (χ1) is 8.74. The summed E-state index contributed by atoms with van der Waals surface area (Å²) in [6.07, 6.45) is 1.00. The van der Waals surface area contributed by atoms with E-state index < -0.39 is 0 Å². The molecule has 1 aromatic rings. The van der Waals surface area contributed by atoms with Crippen LogP contribution in [0.5, 0.6) is 11.5 Å². The van der Waals surface area contributed by atoms with E-state index in [-0.39, 0.29) is 0 Å². The number of ether oxygens (including phenoxy) is 3. The summed E-state index contributed by atoms with van der Waals surface area (Å²) >= 11 is 0. The second-order valence-electron chi connectivity index (χ2n) is 4.00. The van der Waals surface area contributed by atoms with Crippen LogP contribution in [0.15, 0.2) is 18.2 Å². The van der Waals surface area contributed by atoms with E-state index in [1.54, 1.807) is 14.2 Å². The Morgan fingerprint density at radius 2 is 1.94 bits per heavy atom. The quantitative estimate of drug-likeness (QED) is 0.773. The number of hydrogen-bond donors (Lipinski definition) is 1. The molecule has 0 aromatic heterocycles. The van der Waals surface area contributed by atoms with Gasteiger partial charge in [0.2, 0.25) is 0 Å². The van der Waals surface area contributed by atoms with Crippen LogP contribution >= 0.6 is 0 Å². The van der Waals surface area contributed by atoms with Crippen molar-refractivity contribution in [2.75, 3.05) is 32.8 Å². The molecule has 0 aliphatic rings. The van der Waals surface area contributed by atoms with Gasteiger partial charge in [0.1, 0.15) is 0 Å². The van der Waals surface area contributed by atoms with E-state index >= 15 is 0 Å². The Balaban J connectivity index is 2.79. The molecule has 1 rings (SSSR count). The summed E-state index contributed by atoms with van der Waals surface area (Å²) in [4.78, 5) is 0. The number of anilines is 1. The minimum absolute atomic E-state index is 0.304. The van der Waals surface area contributed by atoms with Crippen molar-refractivity contribution in [1.29, 1.82) is 0 Å². The highest BCUT2D eigenvalue weighted by atomic mass is 16.5. The Kier molecular flexibility index (Phi) is 6.36. The molecule has 0 saturated heterocycles. The Bertz CT molecular complexity index is 355. The van der Waals surface area contributed by atoms with Gasteiger partial charge in [-0.25, -0.2) is 0 Å². The molecule has 1 unspecified atom stereocenters. The highest BCUT2D eigenvalue weighted by Gasteiger charge is 2.09. The van der Waals surface area contributed by atoms with Crippen LogP contribution in [0.3, 0.4) is 0 Å². The van der Waals surface area contributed by atoms with Crippen LogP contribution in [-0.4, -0.2) is 33.5 Å². The van der Waals surface area contributed by atoms with Gasteiger partial charge in [-0.1, -0.05) is 6.92 Å². The average molecular weight is 253 g/mol. The second kappa shape index (κ2) is 7.82. The molecule has 0 saturated carbocycles. The minimum atomic E-state index is 0.304. The molecule has 1 atom stereocenters. The summed E-state index contributed by atoms with van der Waals surface area (Å²) in [6, 6.07) is 6.16. The molecule has 0 amide bonds. The van der Waals surface area contributed by atoms with Gasteiger partial charge in [-0.05, 0) is 25.5 Å². The zero-order chi connectivity index (χ0) is 13.4. The van der Waals surface area contributed by atoms with Gasteiger partial charge in [0.05, 0.1) is 20.3 Å². The predicted molar refractivity (Wildman–Crippen MR) is 73.7 cm³/mol. The van der Waals surface area contributed by atoms with Crippen molar-refractivity contribution in [3.05, 3.63) is 18.2 Å². The van der Waals surface area contributed by atoms with E-state index in [0.717, 1.165) is 23.6 Å². The monoisotopic (exact) mass is 253 g/mol. The summed E-state index contributed by atoms with van der Waals surface area (Å²) in [6.45, 7) is 5.39. The zero-order valence-corrected chi connectivity index (χ0v) is 11.7. The van der Waals surface area contributed by atoms with E-state index in [4.69, 9.17) is 14.2 Å². The van der Waals surface area contributed by atoms with Crippen LogP contribution < -0.4 is 14.8 Å². The number of nitrogens with one attached hydrogen (secondary N) is 1. The van der Waals surface area contributed by atoms with Crippen LogP contribution in [0.25, 0.3) is 0 Å². The summed E-state index contributed by atoms with van der Waals surface area (Å²) in [5.41, 5.74) is 1.02. The maximum Gasteiger partial charge on any atom is 0.163 e. The predicted octanol–water partition coefficient (Wildman–Crippen LogP) is 2.93. The summed E-state index contributed by atoms with van der Waals surface area (Å²) in [5, 5.41) is 3.42. The lowest BCUT2D eigenvalue weighted by Gasteiger charge is -2.18. The molecule has 0 spiro atoms. The number of rotatable bonds is 8. The van der Waals surface area contributed by atoms with Crippen molar-refractivity contribution in [2.24, 2.45) is 0 Å². The summed E-state index contributed by atoms with van der Waals surface area (Å²) in [7, 11) is 3.36. The van der Waals surface area contributed by atoms with Crippen LogP contribution in [0.2, 0.25) is 0 Å². The van der Waals surface area contributed by atoms with E-state index in [1.165, 1.54) is 0 Å². The van der Waals surface area contributed by atoms with Crippen LogP contribution in [0.1, 0.15) is 20.3 Å². The average Bonchev–Trinajstić information content (AvgIpc) is 2.39. The first kappa shape index (κ1) is 14.6. The molecule has 0 bridgehead atoms. The van der Waals surface area contributed by atoms with Gasteiger partial charge < -0.3 is 19.5 Å². The van der Waals surface area contributed by atoms with E-state index in [2.05, 4.69) is 12.2 Å². The molecule has 1 N–H and O–H groups in total. The molecule has 0 radical (unpaired) electrons. The van der Waals surface area contributed by atoms with Gasteiger partial charge in [-0.2, -0.15) is 0 Å². The fraction of sp³-hybridized carbons (Fsp3) is 0.571. The van der Waals surface area contributed by atoms with Gasteiger partial charge in [0, 0.05) is 24.9 Å². The number of benzene rings is 1. The van der Waals surface area contributed by atoms with E-state index in [9.17, 15) is 0 Å². The van der Waals surface area contributed by atoms with E-state index in [1.807, 2.05) is 25.1 Å². The third-order valence-corrected chi connectivity index (χ3v) is 2.69. The molecule has 18 heavy (non-hydrogen) atoms. The fourth-order valence-electron chi connectivity index (χ4n) is 1.73. The molecule has 0 heterocycles. The van der Waals surface area contributed by atoms with Crippen LogP contribution in [-0.2, 0) is 4.74 Å². The molecule has 0 aliphatic carbocycles. The maximum atomic E-state index is 5.55. The van der Waals surface area contributed by atoms with Crippen molar-refractivity contribution in [3.8, 4) is 11.5 Å². The van der Waals surface area contributed by atoms with Gasteiger partial charge >= 0.3 is 0 Å². The Hall–Kier alpha value is -1.42.